The molecule has 100 valence electrons. The molecule has 0 unspecified atom stereocenters. The number of aryl methyl sites for hydroxylation is 1. The summed E-state index contributed by atoms with van der Waals surface area (Å²) in [6, 6.07) is 4.77. The molecule has 1 heterocycles. The monoisotopic (exact) mass is 318 g/mol. The van der Waals surface area contributed by atoms with Crippen molar-refractivity contribution in [3.05, 3.63) is 33.8 Å². The van der Waals surface area contributed by atoms with E-state index in [4.69, 9.17) is 0 Å². The molecule has 18 heavy (non-hydrogen) atoms. The number of hydrogen-bond acceptors (Lipinski definition) is 2. The number of rotatable bonds is 3. The molecule has 1 saturated heterocycles. The Kier molecular flexibility index (Phi) is 4.70. The summed E-state index contributed by atoms with van der Waals surface area (Å²) in [5, 5.41) is 3.19. The molecular formula is C13H17BrF2N2. The minimum Gasteiger partial charge on any atom is -0.314 e. The molecule has 1 fully saturated rings. The molecule has 1 aromatic carbocycles. The van der Waals surface area contributed by atoms with E-state index in [1.807, 2.05) is 24.0 Å². The highest BCUT2D eigenvalue weighted by atomic mass is 79.9. The van der Waals surface area contributed by atoms with Crippen LogP contribution in [0.2, 0.25) is 0 Å². The molecule has 1 aliphatic heterocycles. The first-order valence-electron chi connectivity index (χ1n) is 6.08. The molecule has 1 aliphatic rings. The van der Waals surface area contributed by atoms with Crippen LogP contribution in [0, 0.1) is 6.92 Å². The van der Waals surface area contributed by atoms with Gasteiger partial charge in [0, 0.05) is 30.7 Å². The molecule has 0 spiro atoms. The van der Waals surface area contributed by atoms with E-state index >= 15 is 0 Å². The Morgan fingerprint density at radius 2 is 1.94 bits per heavy atom. The quantitative estimate of drug-likeness (QED) is 0.921. The summed E-state index contributed by atoms with van der Waals surface area (Å²) in [5.41, 5.74) is 1.75. The molecule has 2 rings (SSSR count). The van der Waals surface area contributed by atoms with Gasteiger partial charge in [-0.3, -0.25) is 4.90 Å². The zero-order valence-corrected chi connectivity index (χ0v) is 11.9. The topological polar surface area (TPSA) is 15.3 Å². The van der Waals surface area contributed by atoms with E-state index in [0.717, 1.165) is 23.1 Å². The molecule has 0 aromatic heterocycles. The molecular weight excluding hydrogens is 302 g/mol. The van der Waals surface area contributed by atoms with Crippen molar-refractivity contribution in [3.63, 3.8) is 0 Å². The van der Waals surface area contributed by atoms with Crippen molar-refractivity contribution < 1.29 is 8.78 Å². The Balaban J connectivity index is 2.28. The lowest BCUT2D eigenvalue weighted by atomic mass is 10.0. The molecule has 0 amide bonds. The fraction of sp³-hybridized carbons (Fsp3) is 0.538. The summed E-state index contributed by atoms with van der Waals surface area (Å²) < 4.78 is 27.5. The normalized spacial score (nSPS) is 19.2. The average Bonchev–Trinajstić information content (AvgIpc) is 2.33. The van der Waals surface area contributed by atoms with Crippen LogP contribution in [-0.2, 0) is 0 Å². The molecule has 0 aliphatic carbocycles. The van der Waals surface area contributed by atoms with Gasteiger partial charge in [-0.2, -0.15) is 0 Å². The first-order valence-corrected chi connectivity index (χ1v) is 6.88. The predicted octanol–water partition coefficient (Wildman–Crippen LogP) is 2.97. The summed E-state index contributed by atoms with van der Waals surface area (Å²) in [7, 11) is 0. The number of hydrogen-bond donors (Lipinski definition) is 1. The number of benzene rings is 1. The largest absolute Gasteiger partial charge is 0.314 e. The second-order valence-corrected chi connectivity index (χ2v) is 5.44. The summed E-state index contributed by atoms with van der Waals surface area (Å²) in [6.45, 7) is 4.82. The fourth-order valence-corrected chi connectivity index (χ4v) is 3.05. The number of halogens is 3. The summed E-state index contributed by atoms with van der Waals surface area (Å²) >= 11 is 3.41. The first kappa shape index (κ1) is 13.9. The zero-order valence-electron chi connectivity index (χ0n) is 10.3. The Morgan fingerprint density at radius 1 is 1.28 bits per heavy atom. The second kappa shape index (κ2) is 6.08. The van der Waals surface area contributed by atoms with Gasteiger partial charge < -0.3 is 5.32 Å². The molecule has 5 heteroatoms. The van der Waals surface area contributed by atoms with E-state index in [1.165, 1.54) is 0 Å². The van der Waals surface area contributed by atoms with Gasteiger partial charge in [0.05, 0.1) is 6.04 Å². The van der Waals surface area contributed by atoms with Crippen molar-refractivity contribution in [1.29, 1.82) is 0 Å². The van der Waals surface area contributed by atoms with Gasteiger partial charge in [0.2, 0.25) is 0 Å². The average molecular weight is 319 g/mol. The zero-order chi connectivity index (χ0) is 13.1. The molecule has 1 atom stereocenters. The van der Waals surface area contributed by atoms with E-state index < -0.39 is 12.5 Å². The van der Waals surface area contributed by atoms with Crippen molar-refractivity contribution >= 4 is 15.9 Å². The fourth-order valence-electron chi connectivity index (χ4n) is 2.32. The standard InChI is InChI=1S/C13H17BrF2N2/c1-9-2-3-10(11(14)8-9)12(13(15)16)18-6-4-17-5-7-18/h2-3,8,12-13,17H,4-7H2,1H3/t12-/m1/s1. The lowest BCUT2D eigenvalue weighted by Gasteiger charge is -2.35. The van der Waals surface area contributed by atoms with Crippen molar-refractivity contribution in [3.8, 4) is 0 Å². The van der Waals surface area contributed by atoms with Crippen LogP contribution in [0.3, 0.4) is 0 Å². The van der Waals surface area contributed by atoms with Gasteiger partial charge in [-0.1, -0.05) is 28.1 Å². The van der Waals surface area contributed by atoms with Gasteiger partial charge in [0.1, 0.15) is 0 Å². The number of piperazine rings is 1. The summed E-state index contributed by atoms with van der Waals surface area (Å²) in [4.78, 5) is 1.86. The number of alkyl halides is 2. The van der Waals surface area contributed by atoms with Crippen LogP contribution in [-0.4, -0.2) is 37.5 Å². The van der Waals surface area contributed by atoms with Crippen molar-refractivity contribution in [2.45, 2.75) is 19.4 Å². The second-order valence-electron chi connectivity index (χ2n) is 4.59. The van der Waals surface area contributed by atoms with Crippen LogP contribution in [0.15, 0.2) is 22.7 Å². The van der Waals surface area contributed by atoms with Crippen molar-refractivity contribution in [2.24, 2.45) is 0 Å². The summed E-state index contributed by atoms with van der Waals surface area (Å²) in [5.74, 6) is 0. The van der Waals surface area contributed by atoms with Crippen LogP contribution in [0.25, 0.3) is 0 Å². The maximum Gasteiger partial charge on any atom is 0.258 e. The van der Waals surface area contributed by atoms with Gasteiger partial charge >= 0.3 is 0 Å². The van der Waals surface area contributed by atoms with Crippen molar-refractivity contribution in [2.75, 3.05) is 26.2 Å². The summed E-state index contributed by atoms with van der Waals surface area (Å²) in [6.07, 6.45) is -2.37. The Morgan fingerprint density at radius 3 is 2.50 bits per heavy atom. The molecule has 0 radical (unpaired) electrons. The van der Waals surface area contributed by atoms with Crippen molar-refractivity contribution in [1.82, 2.24) is 10.2 Å². The van der Waals surface area contributed by atoms with Gasteiger partial charge in [-0.15, -0.1) is 0 Å². The Hall–Kier alpha value is -0.520. The van der Waals surface area contributed by atoms with Crippen LogP contribution in [0.5, 0.6) is 0 Å². The molecule has 0 saturated carbocycles. The highest BCUT2D eigenvalue weighted by molar-refractivity contribution is 9.10. The highest BCUT2D eigenvalue weighted by Gasteiger charge is 2.31. The first-order chi connectivity index (χ1) is 8.59. The number of nitrogens with one attached hydrogen (secondary N) is 1. The third-order valence-corrected chi connectivity index (χ3v) is 3.95. The van der Waals surface area contributed by atoms with E-state index in [-0.39, 0.29) is 0 Å². The number of nitrogens with zero attached hydrogens (tertiary/aromatic N) is 1. The lowest BCUT2D eigenvalue weighted by Crippen LogP contribution is -2.47. The van der Waals surface area contributed by atoms with Crippen LogP contribution >= 0.6 is 15.9 Å². The van der Waals surface area contributed by atoms with Gasteiger partial charge in [0.25, 0.3) is 6.43 Å². The van der Waals surface area contributed by atoms with Gasteiger partial charge in [0.15, 0.2) is 0 Å². The maximum absolute atomic E-state index is 13.4. The van der Waals surface area contributed by atoms with E-state index in [0.29, 0.717) is 18.7 Å². The minimum absolute atomic E-state index is 0.662. The minimum atomic E-state index is -2.37. The smallest absolute Gasteiger partial charge is 0.258 e. The maximum atomic E-state index is 13.4. The Bertz CT molecular complexity index is 406. The molecule has 0 bridgehead atoms. The SMILES string of the molecule is Cc1ccc([C@H](C(F)F)N2CCNCC2)c(Br)c1. The Labute approximate surface area is 114 Å². The predicted molar refractivity (Wildman–Crippen MR) is 72.1 cm³/mol. The van der Waals surface area contributed by atoms with Crippen LogP contribution in [0.1, 0.15) is 17.2 Å². The third-order valence-electron chi connectivity index (χ3n) is 3.26. The van der Waals surface area contributed by atoms with E-state index in [9.17, 15) is 8.78 Å². The van der Waals surface area contributed by atoms with Gasteiger partial charge in [-0.25, -0.2) is 8.78 Å². The highest BCUT2D eigenvalue weighted by Crippen LogP contribution is 2.33. The van der Waals surface area contributed by atoms with Gasteiger partial charge in [-0.05, 0) is 24.1 Å². The molecule has 1 N–H and O–H groups in total. The lowest BCUT2D eigenvalue weighted by molar-refractivity contribution is 0.0178. The van der Waals surface area contributed by atoms with Crippen LogP contribution in [0.4, 0.5) is 8.78 Å². The molecule has 1 aromatic rings. The molecule has 2 nitrogen and oxygen atoms in total. The van der Waals surface area contributed by atoms with Crippen LogP contribution < -0.4 is 5.32 Å². The third kappa shape index (κ3) is 3.08. The van der Waals surface area contributed by atoms with E-state index in [2.05, 4.69) is 21.2 Å². The van der Waals surface area contributed by atoms with E-state index in [1.54, 1.807) is 6.07 Å².